The lowest BCUT2D eigenvalue weighted by atomic mass is 10.1. The number of nitrogens with one attached hydrogen (secondary N) is 2. The maximum atomic E-state index is 12.3. The molecule has 0 bridgehead atoms. The molecule has 0 unspecified atom stereocenters. The highest BCUT2D eigenvalue weighted by atomic mass is 16.6. The molecule has 9 nitrogen and oxygen atoms in total. The fourth-order valence-corrected chi connectivity index (χ4v) is 7.83. The zero-order valence-electron chi connectivity index (χ0n) is 23.7. The summed E-state index contributed by atoms with van der Waals surface area (Å²) in [5.41, 5.74) is 0. The van der Waals surface area contributed by atoms with Gasteiger partial charge in [-0.05, 0) is 91.3 Å². The molecule has 2 aliphatic heterocycles. The second-order valence-corrected chi connectivity index (χ2v) is 13.8. The minimum absolute atomic E-state index is 0.0104. The van der Waals surface area contributed by atoms with E-state index in [9.17, 15) is 24.6 Å². The quantitative estimate of drug-likeness (QED) is 0.173. The molecule has 2 heterocycles. The minimum Gasteiger partial charge on any atom is -0.387 e. The van der Waals surface area contributed by atoms with Crippen LogP contribution >= 0.6 is 0 Å². The molecule has 222 valence electrons. The lowest BCUT2D eigenvalue weighted by molar-refractivity contribution is -0.125. The molecule has 2 saturated heterocycles. The second-order valence-electron chi connectivity index (χ2n) is 13.8. The van der Waals surface area contributed by atoms with Crippen LogP contribution in [0.4, 0.5) is 4.79 Å². The van der Waals surface area contributed by atoms with Crippen LogP contribution in [0.3, 0.4) is 0 Å². The fraction of sp³-hybridized carbons (Fsp3) is 0.719. The normalized spacial score (nSPS) is 48.2. The number of aliphatic hydroxyl groups excluding tert-OH is 2. The van der Waals surface area contributed by atoms with Crippen LogP contribution in [0.1, 0.15) is 45.4 Å². The first-order valence-corrected chi connectivity index (χ1v) is 15.7. The van der Waals surface area contributed by atoms with Gasteiger partial charge in [0.05, 0.1) is 0 Å². The number of carbonyl (C=O) groups excluding carboxylic acids is 3. The van der Waals surface area contributed by atoms with E-state index in [2.05, 4.69) is 35.8 Å². The van der Waals surface area contributed by atoms with Gasteiger partial charge in [0.15, 0.2) is 6.23 Å². The molecular weight excluding hydrogens is 522 g/mol. The summed E-state index contributed by atoms with van der Waals surface area (Å²) in [4.78, 5) is 36.9. The molecule has 5 saturated carbocycles. The van der Waals surface area contributed by atoms with Crippen LogP contribution in [0.5, 0.6) is 0 Å². The number of ether oxygens (including phenoxy) is 1. The molecule has 7 rings (SSSR count). The molecule has 0 aromatic carbocycles. The van der Waals surface area contributed by atoms with Crippen LogP contribution in [-0.2, 0) is 14.3 Å². The molecule has 0 spiro atoms. The van der Waals surface area contributed by atoms with Gasteiger partial charge in [0, 0.05) is 25.6 Å². The Morgan fingerprint density at radius 1 is 0.902 bits per heavy atom. The Bertz CT molecular complexity index is 1170. The highest BCUT2D eigenvalue weighted by Crippen LogP contribution is 2.70. The van der Waals surface area contributed by atoms with Gasteiger partial charge in [-0.15, -0.1) is 0 Å². The predicted molar refractivity (Wildman–Crippen MR) is 150 cm³/mol. The fourth-order valence-electron chi connectivity index (χ4n) is 7.83. The smallest absolute Gasteiger partial charge is 0.326 e. The monoisotopic (exact) mass is 565 g/mol. The Labute approximate surface area is 241 Å². The van der Waals surface area contributed by atoms with Gasteiger partial charge in [0.25, 0.3) is 0 Å². The first kappa shape index (κ1) is 27.3. The van der Waals surface area contributed by atoms with E-state index in [-0.39, 0.29) is 25.4 Å². The highest BCUT2D eigenvalue weighted by molar-refractivity contribution is 5.96. The summed E-state index contributed by atoms with van der Waals surface area (Å²) in [5.74, 6) is 8.29. The van der Waals surface area contributed by atoms with Crippen molar-refractivity contribution in [1.29, 1.82) is 0 Å². The average molecular weight is 566 g/mol. The molecule has 0 aromatic rings. The minimum atomic E-state index is -1.33. The van der Waals surface area contributed by atoms with Gasteiger partial charge in [-0.1, -0.05) is 37.3 Å². The molecule has 7 fully saturated rings. The van der Waals surface area contributed by atoms with Gasteiger partial charge in [-0.3, -0.25) is 19.8 Å². The Morgan fingerprint density at radius 2 is 1.54 bits per heavy atom. The summed E-state index contributed by atoms with van der Waals surface area (Å²) in [6, 6.07) is -0.665. The van der Waals surface area contributed by atoms with Crippen LogP contribution < -0.4 is 10.6 Å². The van der Waals surface area contributed by atoms with E-state index in [0.717, 1.165) is 53.3 Å². The van der Waals surface area contributed by atoms with Crippen molar-refractivity contribution in [2.24, 2.45) is 59.2 Å². The lowest BCUT2D eigenvalue weighted by Crippen LogP contribution is -2.56. The molecule has 0 aromatic heterocycles. The van der Waals surface area contributed by atoms with Crippen molar-refractivity contribution < 1.29 is 29.3 Å². The maximum absolute atomic E-state index is 12.3. The van der Waals surface area contributed by atoms with Crippen molar-refractivity contribution in [3.05, 3.63) is 36.5 Å². The van der Waals surface area contributed by atoms with Gasteiger partial charge in [-0.2, -0.15) is 0 Å². The summed E-state index contributed by atoms with van der Waals surface area (Å²) in [6.45, 7) is 2.44. The van der Waals surface area contributed by atoms with Gasteiger partial charge in [0.2, 0.25) is 11.8 Å². The van der Waals surface area contributed by atoms with E-state index in [4.69, 9.17) is 4.74 Å². The predicted octanol–water partition coefficient (Wildman–Crippen LogP) is 2.36. The van der Waals surface area contributed by atoms with Gasteiger partial charge in [0.1, 0.15) is 18.3 Å². The van der Waals surface area contributed by atoms with E-state index in [0.29, 0.717) is 5.92 Å². The molecule has 7 aliphatic rings. The number of imide groups is 1. The third kappa shape index (κ3) is 5.90. The number of allylic oxidation sites excluding steroid dienone is 5. The number of rotatable bonds is 11. The van der Waals surface area contributed by atoms with Crippen LogP contribution in [0.2, 0.25) is 0 Å². The van der Waals surface area contributed by atoms with E-state index in [1.54, 1.807) is 6.08 Å². The molecule has 9 heteroatoms. The van der Waals surface area contributed by atoms with Crippen LogP contribution in [0.15, 0.2) is 36.5 Å². The number of amides is 4. The maximum Gasteiger partial charge on any atom is 0.326 e. The van der Waals surface area contributed by atoms with Crippen LogP contribution in [0, 0.1) is 59.2 Å². The summed E-state index contributed by atoms with van der Waals surface area (Å²) in [6.07, 6.45) is 15.0. The number of hydrogen-bond donors (Lipinski definition) is 4. The zero-order valence-corrected chi connectivity index (χ0v) is 23.7. The van der Waals surface area contributed by atoms with E-state index in [1.165, 1.54) is 43.1 Å². The second kappa shape index (κ2) is 10.7. The Kier molecular flexibility index (Phi) is 7.11. The lowest BCUT2D eigenvalue weighted by Gasteiger charge is -2.32. The molecule has 4 amide bonds. The standard InChI is InChI=1S/C32H43N3O6/c1-16-10-17(16)6-7-19-12-21(19)23-14-25(23)24-13-22(24)20-11-18(20)4-2-3-5-27(36)33-15-26-29(38)30(39)31(41-26)35-9-8-28(37)34-32(35)40/h2-7,16-26,29-31,38-39H,8-15H2,1H3,(H,33,36)(H,34,37,40)/b4-2+,5-3+,7-6+/t16-,17-,18-,19-,20+,21+,22-,23-,24+,25+,26-,29-,30-,31-/m1/s1. The molecular formula is C32H43N3O6. The Hall–Kier alpha value is -2.49. The first-order valence-electron chi connectivity index (χ1n) is 15.7. The molecule has 4 N–H and O–H groups in total. The summed E-state index contributed by atoms with van der Waals surface area (Å²) >= 11 is 0. The number of aliphatic hydroxyl groups is 2. The Morgan fingerprint density at radius 3 is 2.20 bits per heavy atom. The summed E-state index contributed by atoms with van der Waals surface area (Å²) < 4.78 is 5.67. The van der Waals surface area contributed by atoms with Gasteiger partial charge < -0.3 is 20.3 Å². The Balaban J connectivity index is 0.787. The largest absolute Gasteiger partial charge is 0.387 e. The third-order valence-corrected chi connectivity index (χ3v) is 10.9. The summed E-state index contributed by atoms with van der Waals surface area (Å²) in [7, 11) is 0. The van der Waals surface area contributed by atoms with Crippen molar-refractivity contribution in [3.8, 4) is 0 Å². The van der Waals surface area contributed by atoms with Gasteiger partial charge in [-0.25, -0.2) is 4.79 Å². The molecule has 0 radical (unpaired) electrons. The van der Waals surface area contributed by atoms with Crippen molar-refractivity contribution in [2.75, 3.05) is 13.1 Å². The van der Waals surface area contributed by atoms with E-state index in [1.807, 2.05) is 6.08 Å². The highest BCUT2D eigenvalue weighted by Gasteiger charge is 2.63. The molecule has 14 atom stereocenters. The van der Waals surface area contributed by atoms with Crippen molar-refractivity contribution in [2.45, 2.75) is 70.0 Å². The summed E-state index contributed by atoms with van der Waals surface area (Å²) in [5, 5.41) is 25.6. The molecule has 41 heavy (non-hydrogen) atoms. The zero-order chi connectivity index (χ0) is 28.4. The van der Waals surface area contributed by atoms with Gasteiger partial charge >= 0.3 is 6.03 Å². The van der Waals surface area contributed by atoms with E-state index >= 15 is 0 Å². The third-order valence-electron chi connectivity index (χ3n) is 10.9. The molecule has 5 aliphatic carbocycles. The SMILES string of the molecule is C[C@@H]1C[C@H]1/C=C/[C@@H]1C[C@@H]1[C@H]1C[C@@H]1[C@H]1C[C@@H]1[C@H]1C[C@H]1/C=C/C=C/C(=O)NC[C@H]1O[C@@H](N2CCC(=O)NC2=O)[C@H](O)[C@@H]1O. The van der Waals surface area contributed by atoms with Crippen molar-refractivity contribution in [3.63, 3.8) is 0 Å². The van der Waals surface area contributed by atoms with Crippen LogP contribution in [0.25, 0.3) is 0 Å². The van der Waals surface area contributed by atoms with Crippen molar-refractivity contribution in [1.82, 2.24) is 15.5 Å². The number of urea groups is 1. The number of hydrogen-bond acceptors (Lipinski definition) is 6. The number of nitrogens with zero attached hydrogens (tertiary/aromatic N) is 1. The first-order chi connectivity index (χ1) is 19.8. The average Bonchev–Trinajstić information content (AvgIpc) is 3.72. The van der Waals surface area contributed by atoms with E-state index < -0.39 is 36.5 Å². The number of carbonyl (C=O) groups is 3. The topological polar surface area (TPSA) is 128 Å². The van der Waals surface area contributed by atoms with Crippen molar-refractivity contribution >= 4 is 17.8 Å². The van der Waals surface area contributed by atoms with Crippen LogP contribution in [-0.4, -0.2) is 70.6 Å².